The van der Waals surface area contributed by atoms with Crippen molar-refractivity contribution in [3.8, 4) is 11.1 Å². The van der Waals surface area contributed by atoms with Gasteiger partial charge in [0.1, 0.15) is 0 Å². The zero-order valence-electron chi connectivity index (χ0n) is 24.3. The standard InChI is InChI=1S/C38H42NOP/c1-41(2,40)30-12-4-3-7-13-31-18-24-36(25-19-31)39(37-26-20-34(21-27-37)32-14-8-5-9-15-32)38-28-22-35(23-29-38)33-16-10-6-11-17-33/h5,8-10,14-29,40H,1,3-4,6-7,11-13,30H2,2H3. The molecule has 1 atom stereocenters. The van der Waals surface area contributed by atoms with Crippen molar-refractivity contribution in [2.24, 2.45) is 0 Å². The van der Waals surface area contributed by atoms with Gasteiger partial charge in [-0.2, -0.15) is 0 Å². The molecular weight excluding hydrogens is 517 g/mol. The minimum absolute atomic E-state index is 0.874. The summed E-state index contributed by atoms with van der Waals surface area (Å²) in [6, 6.07) is 37.5. The molecule has 210 valence electrons. The van der Waals surface area contributed by atoms with E-state index in [2.05, 4.69) is 133 Å². The normalized spacial score (nSPS) is 14.3. The summed E-state index contributed by atoms with van der Waals surface area (Å²) in [6.07, 6.45) is 19.5. The molecule has 4 aromatic rings. The maximum Gasteiger partial charge on any atom is 0.0462 e. The van der Waals surface area contributed by atoms with Gasteiger partial charge in [-0.1, -0.05) is 104 Å². The molecule has 1 unspecified atom stereocenters. The third kappa shape index (κ3) is 8.23. The summed E-state index contributed by atoms with van der Waals surface area (Å²) in [5, 5.41) is 0. The molecule has 0 amide bonds. The molecule has 0 fully saturated rings. The Bertz CT molecular complexity index is 1490. The van der Waals surface area contributed by atoms with Crippen LogP contribution in [0.5, 0.6) is 0 Å². The van der Waals surface area contributed by atoms with Crippen molar-refractivity contribution >= 4 is 36.0 Å². The van der Waals surface area contributed by atoms with Crippen LogP contribution >= 0.6 is 7.11 Å². The van der Waals surface area contributed by atoms with E-state index in [4.69, 9.17) is 0 Å². The number of unbranched alkanes of at least 4 members (excludes halogenated alkanes) is 3. The fraction of sp³-hybridized carbons (Fsp3) is 0.237. The van der Waals surface area contributed by atoms with Crippen LogP contribution in [0.25, 0.3) is 16.7 Å². The van der Waals surface area contributed by atoms with Gasteiger partial charge in [-0.05, 0) is 116 Å². The minimum atomic E-state index is -1.88. The van der Waals surface area contributed by atoms with Gasteiger partial charge in [0.2, 0.25) is 0 Å². The molecule has 0 bridgehead atoms. The summed E-state index contributed by atoms with van der Waals surface area (Å²) in [5.41, 5.74) is 9.85. The molecule has 5 rings (SSSR count). The summed E-state index contributed by atoms with van der Waals surface area (Å²) in [5.74, 6) is 0. The highest BCUT2D eigenvalue weighted by Gasteiger charge is 2.14. The molecule has 0 saturated carbocycles. The van der Waals surface area contributed by atoms with Gasteiger partial charge in [0, 0.05) is 17.1 Å². The third-order valence-corrected chi connectivity index (χ3v) is 9.02. The first-order valence-electron chi connectivity index (χ1n) is 14.9. The predicted octanol–water partition coefficient (Wildman–Crippen LogP) is 10.6. The number of allylic oxidation sites excluding steroid dienone is 4. The fourth-order valence-corrected chi connectivity index (χ4v) is 6.36. The summed E-state index contributed by atoms with van der Waals surface area (Å²) in [6.45, 7) is 1.90. The molecule has 0 heterocycles. The second kappa shape index (κ2) is 13.9. The predicted molar refractivity (Wildman–Crippen MR) is 182 cm³/mol. The van der Waals surface area contributed by atoms with Crippen LogP contribution in [-0.2, 0) is 6.42 Å². The molecule has 0 radical (unpaired) electrons. The van der Waals surface area contributed by atoms with Crippen LogP contribution in [-0.4, -0.2) is 24.0 Å². The molecule has 1 aliphatic carbocycles. The lowest BCUT2D eigenvalue weighted by Crippen LogP contribution is -2.10. The quantitative estimate of drug-likeness (QED) is 0.138. The average Bonchev–Trinajstić information content (AvgIpc) is 3.01. The smallest absolute Gasteiger partial charge is 0.0462 e. The molecule has 1 N–H and O–H groups in total. The number of benzene rings is 4. The number of anilines is 3. The highest BCUT2D eigenvalue weighted by molar-refractivity contribution is 7.67. The first-order chi connectivity index (χ1) is 20.0. The molecule has 0 aliphatic heterocycles. The van der Waals surface area contributed by atoms with E-state index in [1.165, 1.54) is 47.1 Å². The van der Waals surface area contributed by atoms with E-state index >= 15 is 0 Å². The Morgan fingerprint density at radius 1 is 0.659 bits per heavy atom. The van der Waals surface area contributed by atoms with E-state index < -0.39 is 7.11 Å². The van der Waals surface area contributed by atoms with Gasteiger partial charge in [-0.3, -0.25) is 0 Å². The van der Waals surface area contributed by atoms with Crippen molar-refractivity contribution in [1.29, 1.82) is 0 Å². The van der Waals surface area contributed by atoms with Gasteiger partial charge in [0.05, 0.1) is 0 Å². The molecular formula is C38H42NOP. The number of aryl methyl sites for hydroxylation is 1. The molecule has 3 heteroatoms. The lowest BCUT2D eigenvalue weighted by molar-refractivity contribution is 0.611. The summed E-state index contributed by atoms with van der Waals surface area (Å²) < 4.78 is 0. The second-order valence-corrected chi connectivity index (χ2v) is 14.5. The van der Waals surface area contributed by atoms with Crippen LogP contribution in [0.4, 0.5) is 17.1 Å². The van der Waals surface area contributed by atoms with Crippen LogP contribution in [0, 0.1) is 0 Å². The Balaban J connectivity index is 1.34. The van der Waals surface area contributed by atoms with Crippen LogP contribution in [0.3, 0.4) is 0 Å². The van der Waals surface area contributed by atoms with Crippen molar-refractivity contribution in [2.75, 3.05) is 17.7 Å². The van der Waals surface area contributed by atoms with E-state index in [1.807, 2.05) is 6.66 Å². The fourth-order valence-electron chi connectivity index (χ4n) is 5.46. The van der Waals surface area contributed by atoms with Crippen LogP contribution < -0.4 is 4.90 Å². The minimum Gasteiger partial charge on any atom is -0.377 e. The molecule has 0 saturated heterocycles. The summed E-state index contributed by atoms with van der Waals surface area (Å²) in [7, 11) is -1.88. The molecule has 1 aliphatic rings. The van der Waals surface area contributed by atoms with Gasteiger partial charge in [0.15, 0.2) is 0 Å². The van der Waals surface area contributed by atoms with Crippen LogP contribution in [0.15, 0.2) is 121 Å². The number of nitrogens with zero attached hydrogens (tertiary/aromatic N) is 1. The first kappa shape index (κ1) is 28.9. The summed E-state index contributed by atoms with van der Waals surface area (Å²) in [4.78, 5) is 12.3. The van der Waals surface area contributed by atoms with E-state index in [1.54, 1.807) is 0 Å². The SMILES string of the molecule is C=P(C)(O)CCCCCCc1ccc(N(c2ccc(C3=CCCC=C3)cc2)c2ccc(-c3ccccc3)cc2)cc1. The number of hydrogen-bond acceptors (Lipinski definition) is 2. The lowest BCUT2D eigenvalue weighted by atomic mass is 9.99. The Kier molecular flexibility index (Phi) is 9.78. The Labute approximate surface area is 246 Å². The third-order valence-electron chi connectivity index (χ3n) is 7.74. The molecule has 0 aromatic heterocycles. The van der Waals surface area contributed by atoms with Gasteiger partial charge in [-0.25, -0.2) is 0 Å². The summed E-state index contributed by atoms with van der Waals surface area (Å²) >= 11 is 0. The first-order valence-corrected chi connectivity index (χ1v) is 17.5. The van der Waals surface area contributed by atoms with Crippen molar-refractivity contribution in [1.82, 2.24) is 0 Å². The van der Waals surface area contributed by atoms with E-state index in [9.17, 15) is 4.89 Å². The van der Waals surface area contributed by atoms with Crippen LogP contribution in [0.2, 0.25) is 0 Å². The monoisotopic (exact) mass is 559 g/mol. The van der Waals surface area contributed by atoms with Gasteiger partial charge < -0.3 is 9.79 Å². The molecule has 4 aromatic carbocycles. The van der Waals surface area contributed by atoms with Gasteiger partial charge >= 0.3 is 0 Å². The zero-order valence-corrected chi connectivity index (χ0v) is 25.1. The van der Waals surface area contributed by atoms with Crippen LogP contribution in [0.1, 0.15) is 49.7 Å². The average molecular weight is 560 g/mol. The van der Waals surface area contributed by atoms with Crippen molar-refractivity contribution in [3.63, 3.8) is 0 Å². The Morgan fingerprint density at radius 2 is 1.22 bits per heavy atom. The van der Waals surface area contributed by atoms with Crippen molar-refractivity contribution in [2.45, 2.75) is 44.9 Å². The molecule has 2 nitrogen and oxygen atoms in total. The lowest BCUT2D eigenvalue weighted by Gasteiger charge is -2.26. The van der Waals surface area contributed by atoms with Crippen molar-refractivity contribution in [3.05, 3.63) is 132 Å². The largest absolute Gasteiger partial charge is 0.377 e. The highest BCUT2D eigenvalue weighted by atomic mass is 31.2. The van der Waals surface area contributed by atoms with E-state index in [0.717, 1.165) is 48.9 Å². The van der Waals surface area contributed by atoms with E-state index in [0.29, 0.717) is 0 Å². The van der Waals surface area contributed by atoms with E-state index in [-0.39, 0.29) is 0 Å². The Hall–Kier alpha value is -3.58. The molecule has 41 heavy (non-hydrogen) atoms. The topological polar surface area (TPSA) is 23.5 Å². The van der Waals surface area contributed by atoms with Crippen molar-refractivity contribution < 1.29 is 4.89 Å². The maximum atomic E-state index is 9.92. The number of rotatable bonds is 12. The Morgan fingerprint density at radius 3 is 1.80 bits per heavy atom. The zero-order chi connectivity index (χ0) is 28.5. The van der Waals surface area contributed by atoms with Gasteiger partial charge in [0.25, 0.3) is 0 Å². The number of hydrogen-bond donors (Lipinski definition) is 1. The highest BCUT2D eigenvalue weighted by Crippen LogP contribution is 2.37. The maximum absolute atomic E-state index is 9.92. The molecule has 0 spiro atoms. The van der Waals surface area contributed by atoms with Gasteiger partial charge in [-0.15, -0.1) is 0 Å². The second-order valence-electron chi connectivity index (χ2n) is 11.3.